The first kappa shape index (κ1) is 15.2. The van der Waals surface area contributed by atoms with Crippen LogP contribution in [0.2, 0.25) is 0 Å². The molecule has 2 aromatic carbocycles. The summed E-state index contributed by atoms with van der Waals surface area (Å²) in [5, 5.41) is 4.54. The van der Waals surface area contributed by atoms with Crippen LogP contribution in [0.1, 0.15) is 35.8 Å². The topological polar surface area (TPSA) is 59.3 Å². The number of benzene rings is 2. The Labute approximate surface area is 146 Å². The van der Waals surface area contributed by atoms with Crippen molar-refractivity contribution in [1.29, 1.82) is 0 Å². The van der Waals surface area contributed by atoms with Crippen LogP contribution < -0.4 is 5.32 Å². The number of nitrogens with one attached hydrogen (secondary N) is 1. The third-order valence-corrected chi connectivity index (χ3v) is 7.15. The van der Waals surface area contributed by atoms with Crippen LogP contribution in [0, 0.1) is 6.92 Å². The molecule has 0 aliphatic carbocycles. The van der Waals surface area contributed by atoms with Crippen LogP contribution in [0.4, 0.5) is 0 Å². The minimum atomic E-state index is -3.53. The van der Waals surface area contributed by atoms with E-state index in [0.717, 1.165) is 47.1 Å². The lowest BCUT2D eigenvalue weighted by molar-refractivity contribution is 0.441. The highest BCUT2D eigenvalue weighted by Gasteiger charge is 2.36. The Morgan fingerprint density at radius 2 is 1.92 bits per heavy atom. The van der Waals surface area contributed by atoms with E-state index in [4.69, 9.17) is 4.42 Å². The van der Waals surface area contributed by atoms with Crippen LogP contribution in [0.15, 0.2) is 56.7 Å². The zero-order valence-electron chi connectivity index (χ0n) is 14.0. The number of furan rings is 1. The van der Waals surface area contributed by atoms with Crippen LogP contribution >= 0.6 is 0 Å². The molecule has 2 aliphatic rings. The van der Waals surface area contributed by atoms with Crippen LogP contribution in [-0.2, 0) is 16.3 Å². The number of hydrogen-bond acceptors (Lipinski definition) is 4. The van der Waals surface area contributed by atoms with E-state index >= 15 is 0 Å². The van der Waals surface area contributed by atoms with Gasteiger partial charge in [0, 0.05) is 29.5 Å². The van der Waals surface area contributed by atoms with Crippen LogP contribution in [0.3, 0.4) is 0 Å². The zero-order chi connectivity index (χ0) is 17.2. The van der Waals surface area contributed by atoms with Gasteiger partial charge >= 0.3 is 0 Å². The van der Waals surface area contributed by atoms with Crippen molar-refractivity contribution in [2.24, 2.45) is 0 Å². The third-order valence-electron chi connectivity index (χ3n) is 5.41. The molecular formula is C20H19NO3S. The summed E-state index contributed by atoms with van der Waals surface area (Å²) >= 11 is 0. The van der Waals surface area contributed by atoms with E-state index in [-0.39, 0.29) is 6.04 Å². The van der Waals surface area contributed by atoms with Gasteiger partial charge in [-0.2, -0.15) is 0 Å². The van der Waals surface area contributed by atoms with E-state index in [1.165, 1.54) is 0 Å². The van der Waals surface area contributed by atoms with E-state index in [1.807, 2.05) is 13.0 Å². The summed E-state index contributed by atoms with van der Waals surface area (Å²) in [4.78, 5) is 0.664. The molecule has 25 heavy (non-hydrogen) atoms. The number of fused-ring (bicyclic) bond motifs is 6. The molecule has 128 valence electrons. The van der Waals surface area contributed by atoms with E-state index in [1.54, 1.807) is 36.4 Å². The Balaban J connectivity index is 1.68. The molecular weight excluding hydrogens is 334 g/mol. The Kier molecular flexibility index (Phi) is 3.15. The van der Waals surface area contributed by atoms with Gasteiger partial charge in [-0.15, -0.1) is 0 Å². The number of hydrogen-bond donors (Lipinski definition) is 1. The predicted octanol–water partition coefficient (Wildman–Crippen LogP) is 3.92. The summed E-state index contributed by atoms with van der Waals surface area (Å²) in [5.41, 5.74) is 2.87. The van der Waals surface area contributed by atoms with Crippen molar-refractivity contribution in [1.82, 2.24) is 5.32 Å². The van der Waals surface area contributed by atoms with E-state index in [2.05, 4.69) is 5.32 Å². The molecule has 1 saturated heterocycles. The van der Waals surface area contributed by atoms with Crippen molar-refractivity contribution >= 4 is 20.8 Å². The van der Waals surface area contributed by atoms with Crippen molar-refractivity contribution < 1.29 is 12.8 Å². The first-order chi connectivity index (χ1) is 12.0. The Hall–Kier alpha value is -2.11. The molecule has 0 amide bonds. The minimum absolute atomic E-state index is 0.284. The normalized spacial score (nSPS) is 22.3. The van der Waals surface area contributed by atoms with Gasteiger partial charge in [0.15, 0.2) is 0 Å². The van der Waals surface area contributed by atoms with Crippen LogP contribution in [-0.4, -0.2) is 14.5 Å². The Bertz CT molecular complexity index is 1100. The first-order valence-electron chi connectivity index (χ1n) is 8.65. The van der Waals surface area contributed by atoms with Crippen molar-refractivity contribution in [2.45, 2.75) is 48.1 Å². The monoisotopic (exact) mass is 353 g/mol. The highest BCUT2D eigenvalue weighted by Crippen LogP contribution is 2.42. The fourth-order valence-electron chi connectivity index (χ4n) is 4.20. The van der Waals surface area contributed by atoms with Crippen molar-refractivity contribution in [3.05, 3.63) is 59.4 Å². The average Bonchev–Trinajstić information content (AvgIpc) is 3.15. The van der Waals surface area contributed by atoms with E-state index < -0.39 is 9.84 Å². The van der Waals surface area contributed by atoms with Gasteiger partial charge in [0.2, 0.25) is 9.84 Å². The van der Waals surface area contributed by atoms with Crippen molar-refractivity contribution in [3.8, 4) is 0 Å². The fraction of sp³-hybridized carbons (Fsp3) is 0.300. The Morgan fingerprint density at radius 3 is 2.76 bits per heavy atom. The van der Waals surface area contributed by atoms with Gasteiger partial charge in [0.25, 0.3) is 0 Å². The van der Waals surface area contributed by atoms with Crippen molar-refractivity contribution in [2.75, 3.05) is 0 Å². The largest absolute Gasteiger partial charge is 0.461 e. The summed E-state index contributed by atoms with van der Waals surface area (Å²) in [5.74, 6) is 1.02. The van der Waals surface area contributed by atoms with Gasteiger partial charge in [-0.05, 0) is 55.7 Å². The first-order valence-corrected chi connectivity index (χ1v) is 10.1. The lowest BCUT2D eigenvalue weighted by Crippen LogP contribution is -2.30. The van der Waals surface area contributed by atoms with Gasteiger partial charge in [0.05, 0.1) is 9.79 Å². The molecule has 2 atom stereocenters. The smallest absolute Gasteiger partial charge is 0.206 e. The number of sulfone groups is 1. The second kappa shape index (κ2) is 5.19. The van der Waals surface area contributed by atoms with Crippen LogP contribution in [0.25, 0.3) is 11.0 Å². The molecule has 2 bridgehead atoms. The summed E-state index contributed by atoms with van der Waals surface area (Å²) in [6, 6.07) is 13.1. The SMILES string of the molecule is Cc1cccc(S(=O)(=O)c2ccc3oc4c(c3c2)C2CCC(C4)N2)c1. The molecule has 3 aromatic rings. The lowest BCUT2D eigenvalue weighted by Gasteiger charge is -2.20. The van der Waals surface area contributed by atoms with Crippen LogP contribution in [0.5, 0.6) is 0 Å². The molecule has 5 rings (SSSR count). The van der Waals surface area contributed by atoms with E-state index in [9.17, 15) is 8.42 Å². The van der Waals surface area contributed by atoms with Gasteiger partial charge in [-0.3, -0.25) is 0 Å². The standard InChI is InChI=1S/C20H19NO3S/c1-12-3-2-4-14(9-12)25(22,23)15-6-8-18-16(11-15)20-17-7-5-13(21-17)10-19(20)24-18/h2-4,6,8-9,11,13,17,21H,5,7,10H2,1H3. The molecule has 0 spiro atoms. The molecule has 4 nitrogen and oxygen atoms in total. The summed E-state index contributed by atoms with van der Waals surface area (Å²) in [6.45, 7) is 1.90. The second-order valence-corrected chi connectivity index (χ2v) is 9.06. The molecule has 3 heterocycles. The maximum Gasteiger partial charge on any atom is 0.206 e. The van der Waals surface area contributed by atoms with Gasteiger partial charge in [0.1, 0.15) is 11.3 Å². The average molecular weight is 353 g/mol. The van der Waals surface area contributed by atoms with Gasteiger partial charge in [-0.1, -0.05) is 12.1 Å². The molecule has 1 aromatic heterocycles. The predicted molar refractivity (Wildman–Crippen MR) is 95.4 cm³/mol. The number of rotatable bonds is 2. The third kappa shape index (κ3) is 2.26. The summed E-state index contributed by atoms with van der Waals surface area (Å²) < 4.78 is 32.1. The molecule has 1 N–H and O–H groups in total. The molecule has 2 unspecified atom stereocenters. The van der Waals surface area contributed by atoms with E-state index in [0.29, 0.717) is 15.8 Å². The van der Waals surface area contributed by atoms with Crippen molar-refractivity contribution in [3.63, 3.8) is 0 Å². The summed E-state index contributed by atoms with van der Waals surface area (Å²) in [7, 11) is -3.53. The quantitative estimate of drug-likeness (QED) is 0.758. The summed E-state index contributed by atoms with van der Waals surface area (Å²) in [6.07, 6.45) is 3.12. The zero-order valence-corrected chi connectivity index (χ0v) is 14.8. The maximum atomic E-state index is 13.0. The highest BCUT2D eigenvalue weighted by atomic mass is 32.2. The lowest BCUT2D eigenvalue weighted by atomic mass is 9.99. The highest BCUT2D eigenvalue weighted by molar-refractivity contribution is 7.91. The molecule has 0 radical (unpaired) electrons. The minimum Gasteiger partial charge on any atom is -0.461 e. The number of aryl methyl sites for hydroxylation is 1. The van der Waals surface area contributed by atoms with Gasteiger partial charge in [-0.25, -0.2) is 8.42 Å². The molecule has 0 saturated carbocycles. The van der Waals surface area contributed by atoms with Gasteiger partial charge < -0.3 is 9.73 Å². The molecule has 2 aliphatic heterocycles. The maximum absolute atomic E-state index is 13.0. The molecule has 5 heteroatoms. The Morgan fingerprint density at radius 1 is 1.08 bits per heavy atom. The molecule has 1 fully saturated rings. The second-order valence-electron chi connectivity index (χ2n) is 7.11. The fourth-order valence-corrected chi connectivity index (χ4v) is 5.59.